The Hall–Kier alpha value is -2.77. The van der Waals surface area contributed by atoms with Crippen molar-refractivity contribution in [2.24, 2.45) is 0 Å². The van der Waals surface area contributed by atoms with Crippen LogP contribution in [0, 0.1) is 0 Å². The molecule has 38 heavy (non-hydrogen) atoms. The number of hydrogen-bond acceptors (Lipinski definition) is 4. The summed E-state index contributed by atoms with van der Waals surface area (Å²) in [5, 5.41) is 2.80. The molecule has 0 atom stereocenters. The minimum atomic E-state index is -4.56. The molecule has 0 unspecified atom stereocenters. The average Bonchev–Trinajstić information content (AvgIpc) is 2.88. The molecule has 4 aromatic rings. The van der Waals surface area contributed by atoms with Gasteiger partial charge < -0.3 is 19.8 Å². The third kappa shape index (κ3) is 8.11. The molecular weight excluding hydrogens is 564 g/mol. The van der Waals surface area contributed by atoms with Gasteiger partial charge in [-0.3, -0.25) is 9.36 Å². The number of aryl methyl sites for hydroxylation is 1. The van der Waals surface area contributed by atoms with E-state index in [1.54, 1.807) is 11.8 Å². The van der Waals surface area contributed by atoms with Crippen LogP contribution in [0.3, 0.4) is 0 Å². The highest BCUT2D eigenvalue weighted by molar-refractivity contribution is 7.99. The lowest BCUT2D eigenvalue weighted by Gasteiger charge is -2.11. The summed E-state index contributed by atoms with van der Waals surface area (Å²) in [6, 6.07) is 27.5. The molecular formula is C28H24Cl2NO5PS. The van der Waals surface area contributed by atoms with Gasteiger partial charge in [0.1, 0.15) is 12.4 Å². The maximum Gasteiger partial charge on any atom is 0.357 e. The van der Waals surface area contributed by atoms with Crippen molar-refractivity contribution in [3.05, 3.63) is 112 Å². The summed E-state index contributed by atoms with van der Waals surface area (Å²) in [6.07, 6.45) is 0.540. The zero-order valence-corrected chi connectivity index (χ0v) is 23.2. The number of ether oxygens (including phenoxy) is 1. The number of anilines is 1. The lowest BCUT2D eigenvalue weighted by molar-refractivity contribution is -0.116. The van der Waals surface area contributed by atoms with Crippen molar-refractivity contribution >= 4 is 59.5 Å². The van der Waals surface area contributed by atoms with Gasteiger partial charge >= 0.3 is 7.60 Å². The molecule has 0 aliphatic rings. The Kier molecular flexibility index (Phi) is 9.55. The fraction of sp³-hybridized carbons (Fsp3) is 0.107. The lowest BCUT2D eigenvalue weighted by Crippen LogP contribution is -2.15. The number of hydrogen-bond donors (Lipinski definition) is 3. The van der Waals surface area contributed by atoms with E-state index < -0.39 is 7.60 Å². The first kappa shape index (κ1) is 28.2. The van der Waals surface area contributed by atoms with Crippen molar-refractivity contribution in [1.29, 1.82) is 0 Å². The number of nitrogens with one attached hydrogen (secondary N) is 1. The van der Waals surface area contributed by atoms with Gasteiger partial charge in [0.05, 0.1) is 10.3 Å². The van der Waals surface area contributed by atoms with Crippen molar-refractivity contribution in [2.45, 2.75) is 29.2 Å². The highest BCUT2D eigenvalue weighted by atomic mass is 35.5. The van der Waals surface area contributed by atoms with Crippen LogP contribution in [-0.2, 0) is 22.4 Å². The minimum Gasteiger partial charge on any atom is -0.489 e. The highest BCUT2D eigenvalue weighted by Gasteiger charge is 2.21. The van der Waals surface area contributed by atoms with Gasteiger partial charge in [0.25, 0.3) is 0 Å². The van der Waals surface area contributed by atoms with Crippen LogP contribution in [0.5, 0.6) is 5.75 Å². The molecule has 0 bridgehead atoms. The summed E-state index contributed by atoms with van der Waals surface area (Å²) in [4.78, 5) is 33.2. The molecule has 0 fully saturated rings. The first-order chi connectivity index (χ1) is 18.2. The second kappa shape index (κ2) is 12.9. The normalized spacial score (nSPS) is 11.3. The number of carbonyl (C=O) groups excluding carboxylic acids is 1. The fourth-order valence-electron chi connectivity index (χ4n) is 3.58. The molecule has 0 spiro atoms. The standard InChI is InChI=1S/C28H24Cl2NO5PS/c29-25-13-11-21(15-27(25)37(33,34)35)31-28(32)14-10-20-9-12-24(17-26(20)30)38-23-8-4-7-22(16-23)36-18-19-5-2-1-3-6-19/h1-9,11-13,15-17H,10,14,18H2,(H,31,32)(H2,33,34,35). The zero-order chi connectivity index (χ0) is 27.1. The largest absolute Gasteiger partial charge is 0.489 e. The number of halogens is 2. The van der Waals surface area contributed by atoms with Crippen molar-refractivity contribution in [3.8, 4) is 5.75 Å². The molecule has 0 aliphatic heterocycles. The second-order valence-electron chi connectivity index (χ2n) is 8.36. The van der Waals surface area contributed by atoms with E-state index in [1.807, 2.05) is 72.8 Å². The zero-order valence-electron chi connectivity index (χ0n) is 20.0. The summed E-state index contributed by atoms with van der Waals surface area (Å²) >= 11 is 13.9. The monoisotopic (exact) mass is 587 g/mol. The Morgan fingerprint density at radius 1 is 0.868 bits per heavy atom. The first-order valence-electron chi connectivity index (χ1n) is 11.6. The molecule has 4 rings (SSSR count). The SMILES string of the molecule is O=C(CCc1ccc(Sc2cccc(OCc3ccccc3)c2)cc1Cl)Nc1ccc(Cl)c(P(=O)(O)O)c1. The molecule has 0 aliphatic carbocycles. The second-order valence-corrected chi connectivity index (χ2v) is 11.9. The summed E-state index contributed by atoms with van der Waals surface area (Å²) in [5.41, 5.74) is 2.17. The van der Waals surface area contributed by atoms with E-state index in [-0.39, 0.29) is 28.3 Å². The van der Waals surface area contributed by atoms with Crippen LogP contribution in [0.4, 0.5) is 5.69 Å². The van der Waals surface area contributed by atoms with Gasteiger partial charge in [-0.2, -0.15) is 0 Å². The lowest BCUT2D eigenvalue weighted by atomic mass is 10.1. The molecule has 1 amide bonds. The Morgan fingerprint density at radius 2 is 1.63 bits per heavy atom. The molecule has 0 radical (unpaired) electrons. The van der Waals surface area contributed by atoms with Crippen LogP contribution in [0.15, 0.2) is 101 Å². The number of benzene rings is 4. The van der Waals surface area contributed by atoms with Crippen molar-refractivity contribution in [2.75, 3.05) is 5.32 Å². The molecule has 196 valence electrons. The minimum absolute atomic E-state index is 0.0625. The summed E-state index contributed by atoms with van der Waals surface area (Å²) in [6.45, 7) is 0.492. The molecule has 3 N–H and O–H groups in total. The quantitative estimate of drug-likeness (QED) is 0.171. The van der Waals surface area contributed by atoms with E-state index in [0.29, 0.717) is 18.1 Å². The van der Waals surface area contributed by atoms with Gasteiger partial charge in [0, 0.05) is 26.9 Å². The smallest absolute Gasteiger partial charge is 0.357 e. The van der Waals surface area contributed by atoms with Gasteiger partial charge in [0.2, 0.25) is 5.91 Å². The molecule has 0 aromatic heterocycles. The van der Waals surface area contributed by atoms with E-state index in [4.69, 9.17) is 27.9 Å². The van der Waals surface area contributed by atoms with E-state index in [2.05, 4.69) is 5.32 Å². The molecule has 0 saturated carbocycles. The van der Waals surface area contributed by atoms with Crippen LogP contribution in [0.1, 0.15) is 17.5 Å². The molecule has 0 heterocycles. The van der Waals surface area contributed by atoms with Crippen molar-refractivity contribution in [3.63, 3.8) is 0 Å². The van der Waals surface area contributed by atoms with Gasteiger partial charge in [-0.15, -0.1) is 0 Å². The topological polar surface area (TPSA) is 95.9 Å². The molecule has 6 nitrogen and oxygen atoms in total. The van der Waals surface area contributed by atoms with E-state index in [1.165, 1.54) is 18.2 Å². The number of amides is 1. The first-order valence-corrected chi connectivity index (χ1v) is 14.7. The fourth-order valence-corrected chi connectivity index (χ4v) is 5.94. The van der Waals surface area contributed by atoms with E-state index in [0.717, 1.165) is 26.7 Å². The molecule has 0 saturated heterocycles. The van der Waals surface area contributed by atoms with Crippen LogP contribution in [-0.4, -0.2) is 15.7 Å². The Morgan fingerprint density at radius 3 is 2.37 bits per heavy atom. The number of rotatable bonds is 10. The van der Waals surface area contributed by atoms with Crippen LogP contribution in [0.2, 0.25) is 10.0 Å². The van der Waals surface area contributed by atoms with Crippen molar-refractivity contribution < 1.29 is 23.9 Å². The van der Waals surface area contributed by atoms with Crippen LogP contribution < -0.4 is 15.4 Å². The Balaban J connectivity index is 1.32. The van der Waals surface area contributed by atoms with Crippen LogP contribution >= 0.6 is 42.6 Å². The maximum atomic E-state index is 12.4. The van der Waals surface area contributed by atoms with Crippen molar-refractivity contribution in [1.82, 2.24) is 0 Å². The van der Waals surface area contributed by atoms with E-state index in [9.17, 15) is 19.1 Å². The van der Waals surface area contributed by atoms with Gasteiger partial charge in [-0.25, -0.2) is 0 Å². The predicted molar refractivity (Wildman–Crippen MR) is 153 cm³/mol. The Bertz CT molecular complexity index is 1480. The summed E-state index contributed by atoms with van der Waals surface area (Å²) < 4.78 is 17.5. The summed E-state index contributed by atoms with van der Waals surface area (Å²) in [5.74, 6) is 0.465. The molecule has 10 heteroatoms. The third-order valence-corrected chi connectivity index (χ3v) is 8.27. The van der Waals surface area contributed by atoms with Gasteiger partial charge in [0.15, 0.2) is 0 Å². The summed E-state index contributed by atoms with van der Waals surface area (Å²) in [7, 11) is -4.56. The highest BCUT2D eigenvalue weighted by Crippen LogP contribution is 2.37. The molecule has 4 aromatic carbocycles. The Labute approximate surface area is 235 Å². The third-order valence-electron chi connectivity index (χ3n) is 5.48. The van der Waals surface area contributed by atoms with Gasteiger partial charge in [-0.05, 0) is 66.1 Å². The number of carbonyl (C=O) groups is 1. The van der Waals surface area contributed by atoms with Gasteiger partial charge in [-0.1, -0.05) is 77.4 Å². The van der Waals surface area contributed by atoms with E-state index >= 15 is 0 Å². The predicted octanol–water partition coefficient (Wildman–Crippen LogP) is 7.10. The maximum absolute atomic E-state index is 12.4. The van der Waals surface area contributed by atoms with Crippen LogP contribution in [0.25, 0.3) is 0 Å². The average molecular weight is 588 g/mol.